The molecule has 0 amide bonds. The van der Waals surface area contributed by atoms with E-state index in [1.54, 1.807) is 0 Å². The van der Waals surface area contributed by atoms with Gasteiger partial charge in [-0.25, -0.2) is 0 Å². The first-order chi connectivity index (χ1) is 22.3. The number of hydrogen-bond acceptors (Lipinski definition) is 2. The molecule has 0 saturated carbocycles. The van der Waals surface area contributed by atoms with E-state index in [4.69, 9.17) is 8.83 Å². The number of allylic oxidation sites excluding steroid dienone is 4. The van der Waals surface area contributed by atoms with Gasteiger partial charge in [0.05, 0.1) is 11.0 Å². The van der Waals surface area contributed by atoms with Gasteiger partial charge in [0.1, 0.15) is 22.3 Å². The highest BCUT2D eigenvalue weighted by molar-refractivity contribution is 6.11. The van der Waals surface area contributed by atoms with Gasteiger partial charge >= 0.3 is 0 Å². The second kappa shape index (κ2) is 9.35. The Morgan fingerprint density at radius 3 is 1.56 bits per heavy atom. The van der Waals surface area contributed by atoms with Crippen LogP contribution < -0.4 is 0 Å². The fourth-order valence-electron chi connectivity index (χ4n) is 7.28. The van der Waals surface area contributed by atoms with Crippen LogP contribution in [0.15, 0.2) is 148 Å². The van der Waals surface area contributed by atoms with E-state index in [9.17, 15) is 0 Å². The number of aromatic nitrogens is 1. The van der Waals surface area contributed by atoms with Gasteiger partial charge < -0.3 is 13.4 Å². The van der Waals surface area contributed by atoms with E-state index in [1.165, 1.54) is 32.9 Å². The van der Waals surface area contributed by atoms with Crippen LogP contribution in [0.5, 0.6) is 0 Å². The first kappa shape index (κ1) is 24.6. The number of hydrogen-bond donors (Lipinski definition) is 0. The van der Waals surface area contributed by atoms with Crippen molar-refractivity contribution in [2.24, 2.45) is 0 Å². The molecule has 0 bridgehead atoms. The summed E-state index contributed by atoms with van der Waals surface area (Å²) >= 11 is 0. The lowest BCUT2D eigenvalue weighted by Crippen LogP contribution is -1.93. The van der Waals surface area contributed by atoms with Gasteiger partial charge in [0, 0.05) is 38.0 Å². The number of para-hydroxylation sites is 2. The van der Waals surface area contributed by atoms with E-state index in [2.05, 4.69) is 144 Å². The van der Waals surface area contributed by atoms with E-state index in [1.807, 2.05) is 0 Å². The summed E-state index contributed by atoms with van der Waals surface area (Å²) in [7, 11) is 0. The zero-order valence-electron chi connectivity index (χ0n) is 24.5. The maximum absolute atomic E-state index is 6.34. The smallest absolute Gasteiger partial charge is 0.135 e. The summed E-state index contributed by atoms with van der Waals surface area (Å²) in [5.41, 5.74) is 12.1. The Bertz CT molecular complexity index is 2660. The summed E-state index contributed by atoms with van der Waals surface area (Å²) in [5, 5.41) is 7.04. The molecule has 6 aromatic carbocycles. The second-order valence-electron chi connectivity index (χ2n) is 12.0. The summed E-state index contributed by atoms with van der Waals surface area (Å²) in [5.74, 6) is 0. The van der Waals surface area contributed by atoms with E-state index >= 15 is 0 Å². The first-order valence-corrected chi connectivity index (χ1v) is 15.6. The maximum atomic E-state index is 6.34. The lowest BCUT2D eigenvalue weighted by molar-refractivity contribution is 0.668. The molecule has 0 spiro atoms. The number of benzene rings is 6. The van der Waals surface area contributed by atoms with Gasteiger partial charge in [-0.1, -0.05) is 72.8 Å². The van der Waals surface area contributed by atoms with E-state index < -0.39 is 0 Å². The second-order valence-corrected chi connectivity index (χ2v) is 12.0. The third-order valence-electron chi connectivity index (χ3n) is 9.48. The summed E-state index contributed by atoms with van der Waals surface area (Å²) in [6, 6.07) is 43.5. The van der Waals surface area contributed by atoms with E-state index in [0.717, 1.165) is 73.5 Å². The third-order valence-corrected chi connectivity index (χ3v) is 9.48. The van der Waals surface area contributed by atoms with Crippen LogP contribution in [-0.4, -0.2) is 4.57 Å². The monoisotopic (exact) mass is 577 g/mol. The van der Waals surface area contributed by atoms with Gasteiger partial charge in [0.2, 0.25) is 0 Å². The highest BCUT2D eigenvalue weighted by Crippen LogP contribution is 2.39. The molecule has 0 N–H and O–H groups in total. The summed E-state index contributed by atoms with van der Waals surface area (Å²) in [6.45, 7) is 0. The number of nitrogens with zero attached hydrogens (tertiary/aromatic N) is 1. The highest BCUT2D eigenvalue weighted by atomic mass is 16.3. The van der Waals surface area contributed by atoms with Crippen molar-refractivity contribution in [3.8, 4) is 16.8 Å². The van der Waals surface area contributed by atoms with E-state index in [0.29, 0.717) is 0 Å². The van der Waals surface area contributed by atoms with Crippen LogP contribution in [0.1, 0.15) is 18.4 Å². The molecule has 0 radical (unpaired) electrons. The van der Waals surface area contributed by atoms with Crippen molar-refractivity contribution in [1.29, 1.82) is 0 Å². The van der Waals surface area contributed by atoms with Crippen LogP contribution >= 0.6 is 0 Å². The first-order valence-electron chi connectivity index (χ1n) is 15.6. The van der Waals surface area contributed by atoms with Gasteiger partial charge in [0.25, 0.3) is 0 Å². The lowest BCUT2D eigenvalue weighted by atomic mass is 9.95. The van der Waals surface area contributed by atoms with Gasteiger partial charge in [-0.3, -0.25) is 0 Å². The predicted molar refractivity (Wildman–Crippen MR) is 187 cm³/mol. The Labute approximate surface area is 258 Å². The number of furan rings is 2. The fourth-order valence-corrected chi connectivity index (χ4v) is 7.28. The molecule has 212 valence electrons. The molecule has 3 nitrogen and oxygen atoms in total. The zero-order chi connectivity index (χ0) is 29.5. The molecule has 0 unspecified atom stereocenters. The van der Waals surface area contributed by atoms with Crippen LogP contribution in [-0.2, 0) is 0 Å². The summed E-state index contributed by atoms with van der Waals surface area (Å²) in [6.07, 6.45) is 8.78. The Morgan fingerprint density at radius 2 is 0.978 bits per heavy atom. The molecule has 0 aliphatic heterocycles. The van der Waals surface area contributed by atoms with Gasteiger partial charge in [-0.2, -0.15) is 0 Å². The molecule has 3 heterocycles. The molecule has 3 aromatic heterocycles. The fraction of sp³-hybridized carbons (Fsp3) is 0.0476. The van der Waals surface area contributed by atoms with Crippen molar-refractivity contribution in [1.82, 2.24) is 4.57 Å². The Kier molecular flexibility index (Phi) is 5.11. The van der Waals surface area contributed by atoms with E-state index in [-0.39, 0.29) is 0 Å². The molecular formula is C42H27NO2. The normalized spacial score (nSPS) is 13.6. The van der Waals surface area contributed by atoms with Crippen LogP contribution in [0, 0.1) is 0 Å². The van der Waals surface area contributed by atoms with Crippen molar-refractivity contribution < 1.29 is 8.83 Å². The molecule has 0 atom stereocenters. The minimum absolute atomic E-state index is 0.891. The highest BCUT2D eigenvalue weighted by Gasteiger charge is 2.16. The van der Waals surface area contributed by atoms with Crippen molar-refractivity contribution in [2.45, 2.75) is 12.8 Å². The van der Waals surface area contributed by atoms with Crippen molar-refractivity contribution in [3.63, 3.8) is 0 Å². The molecule has 10 rings (SSSR count). The van der Waals surface area contributed by atoms with Crippen LogP contribution in [0.25, 0.3) is 88.1 Å². The van der Waals surface area contributed by atoms with Crippen LogP contribution in [0.4, 0.5) is 0 Å². The van der Waals surface area contributed by atoms with Crippen molar-refractivity contribution >= 4 is 71.3 Å². The largest absolute Gasteiger partial charge is 0.456 e. The molecule has 9 aromatic rings. The van der Waals surface area contributed by atoms with Gasteiger partial charge in [-0.05, 0) is 102 Å². The third kappa shape index (κ3) is 3.71. The number of fused-ring (bicyclic) bond motifs is 9. The summed E-state index contributed by atoms with van der Waals surface area (Å²) < 4.78 is 15.0. The lowest BCUT2D eigenvalue weighted by Gasteiger charge is -2.09. The quantitative estimate of drug-likeness (QED) is 0.209. The summed E-state index contributed by atoms with van der Waals surface area (Å²) in [4.78, 5) is 0. The van der Waals surface area contributed by atoms with Gasteiger partial charge in [-0.15, -0.1) is 0 Å². The van der Waals surface area contributed by atoms with Crippen molar-refractivity contribution in [2.75, 3.05) is 0 Å². The van der Waals surface area contributed by atoms with Crippen molar-refractivity contribution in [3.05, 3.63) is 145 Å². The number of rotatable bonds is 3. The molecule has 0 fully saturated rings. The topological polar surface area (TPSA) is 31.2 Å². The minimum Gasteiger partial charge on any atom is -0.456 e. The standard InChI is InChI=1S/C42H27NO2/c1-2-8-26(9-3-1)27-14-18-39-33(22-27)34-23-28(15-19-40(34)44-39)29-16-20-41-35(24-29)36-25-30(17-21-42(36)45-41)43-37-12-6-4-10-31(37)32-11-5-7-13-38(32)43/h1-2,4-8,10-25H,3,9H2. The Balaban J connectivity index is 1.13. The molecular weight excluding hydrogens is 550 g/mol. The van der Waals surface area contributed by atoms with Crippen LogP contribution in [0.3, 0.4) is 0 Å². The molecule has 1 aliphatic carbocycles. The minimum atomic E-state index is 0.891. The average molecular weight is 578 g/mol. The predicted octanol–water partition coefficient (Wildman–Crippen LogP) is 12.0. The Hall–Kier alpha value is -5.80. The molecule has 0 saturated heterocycles. The molecule has 45 heavy (non-hydrogen) atoms. The average Bonchev–Trinajstić information content (AvgIpc) is 3.77. The SMILES string of the molecule is C1=CCCC(c2ccc3oc4ccc(-c5ccc6oc7ccc(-n8c9ccccc9c9ccccc98)cc7c6c5)cc4c3c2)=C1. The maximum Gasteiger partial charge on any atom is 0.135 e. The molecule has 1 aliphatic rings. The molecule has 3 heteroatoms. The Morgan fingerprint density at radius 1 is 0.467 bits per heavy atom. The van der Waals surface area contributed by atoms with Crippen LogP contribution in [0.2, 0.25) is 0 Å². The van der Waals surface area contributed by atoms with Gasteiger partial charge in [0.15, 0.2) is 0 Å². The zero-order valence-corrected chi connectivity index (χ0v) is 24.5.